The molecule has 0 atom stereocenters. The van der Waals surface area contributed by atoms with Crippen LogP contribution in [0.5, 0.6) is 11.8 Å². The summed E-state index contributed by atoms with van der Waals surface area (Å²) in [6.45, 7) is 5.12. The van der Waals surface area contributed by atoms with E-state index in [1.165, 1.54) is 0 Å². The van der Waals surface area contributed by atoms with Gasteiger partial charge in [-0.15, -0.1) is 0 Å². The highest BCUT2D eigenvalue weighted by atomic mass is 16.5. The van der Waals surface area contributed by atoms with Gasteiger partial charge in [0.2, 0.25) is 11.9 Å². The highest BCUT2D eigenvalue weighted by Crippen LogP contribution is 2.24. The van der Waals surface area contributed by atoms with Crippen LogP contribution in [0.3, 0.4) is 0 Å². The number of nitrogens with one attached hydrogen (secondary N) is 1. The highest BCUT2D eigenvalue weighted by molar-refractivity contribution is 5.56. The second kappa shape index (κ2) is 9.86. The molecule has 1 aromatic carbocycles. The zero-order valence-electron chi connectivity index (χ0n) is 18.2. The molecule has 0 amide bonds. The maximum absolute atomic E-state index is 5.78. The van der Waals surface area contributed by atoms with Crippen molar-refractivity contribution in [1.82, 2.24) is 15.0 Å². The van der Waals surface area contributed by atoms with Crippen molar-refractivity contribution in [2.45, 2.75) is 26.9 Å². The predicted octanol–water partition coefficient (Wildman–Crippen LogP) is 4.72. The fourth-order valence-corrected chi connectivity index (χ4v) is 3.09. The summed E-state index contributed by atoms with van der Waals surface area (Å²) in [5.74, 6) is 3.97. The summed E-state index contributed by atoms with van der Waals surface area (Å²) in [7, 11) is 1.63. The Kier molecular flexibility index (Phi) is 6.54. The van der Waals surface area contributed by atoms with Crippen LogP contribution in [0.1, 0.15) is 24.2 Å². The zero-order chi connectivity index (χ0) is 22.3. The van der Waals surface area contributed by atoms with Gasteiger partial charge in [0.05, 0.1) is 33.1 Å². The molecule has 0 bridgehead atoms. The van der Waals surface area contributed by atoms with Crippen LogP contribution < -0.4 is 19.7 Å². The molecule has 0 aliphatic carbocycles. The second-order valence-corrected chi connectivity index (χ2v) is 6.98. The van der Waals surface area contributed by atoms with Gasteiger partial charge in [0.15, 0.2) is 0 Å². The summed E-state index contributed by atoms with van der Waals surface area (Å²) in [4.78, 5) is 15.5. The van der Waals surface area contributed by atoms with Gasteiger partial charge in [0.25, 0.3) is 0 Å². The van der Waals surface area contributed by atoms with Crippen molar-refractivity contribution in [3.05, 3.63) is 72.1 Å². The van der Waals surface area contributed by atoms with E-state index >= 15 is 0 Å². The van der Waals surface area contributed by atoms with Crippen molar-refractivity contribution in [2.75, 3.05) is 23.9 Å². The van der Waals surface area contributed by atoms with Gasteiger partial charge in [0, 0.05) is 5.69 Å². The molecule has 0 saturated carbocycles. The van der Waals surface area contributed by atoms with Crippen LogP contribution in [-0.2, 0) is 13.1 Å². The molecule has 0 unspecified atom stereocenters. The van der Waals surface area contributed by atoms with Gasteiger partial charge in [-0.05, 0) is 62.4 Å². The van der Waals surface area contributed by atoms with Crippen molar-refractivity contribution in [1.29, 1.82) is 0 Å². The number of ether oxygens (including phenoxy) is 2. The number of furan rings is 2. The second-order valence-electron chi connectivity index (χ2n) is 6.98. The van der Waals surface area contributed by atoms with Crippen LogP contribution >= 0.6 is 0 Å². The number of nitrogens with zero attached hydrogens (tertiary/aromatic N) is 4. The Morgan fingerprint density at radius 2 is 1.78 bits per heavy atom. The van der Waals surface area contributed by atoms with Crippen molar-refractivity contribution < 1.29 is 18.3 Å². The van der Waals surface area contributed by atoms with Gasteiger partial charge in [-0.1, -0.05) is 0 Å². The van der Waals surface area contributed by atoms with Crippen LogP contribution in [0, 0.1) is 6.92 Å². The van der Waals surface area contributed by atoms with Gasteiger partial charge < -0.3 is 28.5 Å². The first-order chi connectivity index (χ1) is 15.6. The largest absolute Gasteiger partial charge is 0.497 e. The minimum absolute atomic E-state index is 0.230. The van der Waals surface area contributed by atoms with Crippen molar-refractivity contribution >= 4 is 17.6 Å². The molecule has 0 aliphatic heterocycles. The van der Waals surface area contributed by atoms with Crippen LogP contribution in [-0.4, -0.2) is 28.7 Å². The molecule has 4 aromatic rings. The molecule has 9 heteroatoms. The summed E-state index contributed by atoms with van der Waals surface area (Å²) in [5, 5.41) is 3.20. The van der Waals surface area contributed by atoms with Gasteiger partial charge >= 0.3 is 6.01 Å². The number of methoxy groups -OCH3 is 1. The molecule has 32 heavy (non-hydrogen) atoms. The van der Waals surface area contributed by atoms with Gasteiger partial charge in [0.1, 0.15) is 23.0 Å². The Morgan fingerprint density at radius 1 is 0.969 bits per heavy atom. The Balaban J connectivity index is 1.66. The van der Waals surface area contributed by atoms with E-state index < -0.39 is 0 Å². The number of aryl methyl sites for hydroxylation is 1. The maximum atomic E-state index is 5.78. The minimum Gasteiger partial charge on any atom is -0.497 e. The number of benzene rings is 1. The lowest BCUT2D eigenvalue weighted by Gasteiger charge is -2.21. The van der Waals surface area contributed by atoms with Crippen molar-refractivity contribution in [2.24, 2.45) is 0 Å². The summed E-state index contributed by atoms with van der Waals surface area (Å²) in [6.07, 6.45) is 1.64. The first-order valence-corrected chi connectivity index (χ1v) is 10.3. The molecule has 3 heterocycles. The summed E-state index contributed by atoms with van der Waals surface area (Å²) >= 11 is 0. The third-order valence-electron chi connectivity index (χ3n) is 4.58. The third-order valence-corrected chi connectivity index (χ3v) is 4.58. The number of rotatable bonds is 10. The number of hydrogen-bond acceptors (Lipinski definition) is 9. The number of hydrogen-bond donors (Lipinski definition) is 1. The Bertz CT molecular complexity index is 1130. The molecule has 0 fully saturated rings. The normalized spacial score (nSPS) is 10.7. The van der Waals surface area contributed by atoms with E-state index in [2.05, 4.69) is 20.3 Å². The summed E-state index contributed by atoms with van der Waals surface area (Å²) in [5.41, 5.74) is 0.810. The molecular formula is C23H25N5O4. The maximum Gasteiger partial charge on any atom is 0.323 e. The average molecular weight is 435 g/mol. The van der Waals surface area contributed by atoms with E-state index in [0.717, 1.165) is 28.7 Å². The van der Waals surface area contributed by atoms with E-state index in [1.54, 1.807) is 13.4 Å². The Morgan fingerprint density at radius 3 is 2.44 bits per heavy atom. The Hall–Kier alpha value is -4.01. The minimum atomic E-state index is 0.230. The fourth-order valence-electron chi connectivity index (χ4n) is 3.09. The number of aromatic nitrogens is 3. The average Bonchev–Trinajstić information content (AvgIpc) is 3.45. The van der Waals surface area contributed by atoms with E-state index in [9.17, 15) is 0 Å². The number of anilines is 3. The van der Waals surface area contributed by atoms with Crippen LogP contribution in [0.4, 0.5) is 17.6 Å². The molecule has 166 valence electrons. The van der Waals surface area contributed by atoms with E-state index in [0.29, 0.717) is 31.6 Å². The SMILES string of the molecule is CCOc1nc(Nc2ccc(OC)cc2)nc(N(Cc2ccco2)Cc2ccc(C)o2)n1. The molecule has 1 N–H and O–H groups in total. The van der Waals surface area contributed by atoms with Gasteiger partial charge in [-0.3, -0.25) is 0 Å². The quantitative estimate of drug-likeness (QED) is 0.379. The van der Waals surface area contributed by atoms with Crippen LogP contribution in [0.2, 0.25) is 0 Å². The topological polar surface area (TPSA) is 98.7 Å². The summed E-state index contributed by atoms with van der Waals surface area (Å²) in [6, 6.07) is 15.3. The first-order valence-electron chi connectivity index (χ1n) is 10.3. The van der Waals surface area contributed by atoms with Crippen LogP contribution in [0.15, 0.2) is 63.6 Å². The van der Waals surface area contributed by atoms with Crippen LogP contribution in [0.25, 0.3) is 0 Å². The standard InChI is InChI=1S/C23H25N5O4/c1-4-30-23-26-21(24-17-8-11-18(29-3)12-9-17)25-22(27-23)28(14-19-6-5-13-31-19)15-20-10-7-16(2)32-20/h5-13H,4,14-15H2,1-3H3,(H,24,25,26,27). The molecular weight excluding hydrogens is 410 g/mol. The monoisotopic (exact) mass is 435 g/mol. The van der Waals surface area contributed by atoms with E-state index in [-0.39, 0.29) is 6.01 Å². The molecule has 4 rings (SSSR count). The lowest BCUT2D eigenvalue weighted by atomic mass is 10.3. The van der Waals surface area contributed by atoms with E-state index in [1.807, 2.05) is 67.3 Å². The van der Waals surface area contributed by atoms with Gasteiger partial charge in [-0.25, -0.2) is 0 Å². The molecule has 0 radical (unpaired) electrons. The van der Waals surface area contributed by atoms with E-state index in [4.69, 9.17) is 18.3 Å². The smallest absolute Gasteiger partial charge is 0.323 e. The van der Waals surface area contributed by atoms with Crippen molar-refractivity contribution in [3.8, 4) is 11.8 Å². The molecule has 9 nitrogen and oxygen atoms in total. The Labute approximate surface area is 186 Å². The first kappa shape index (κ1) is 21.2. The highest BCUT2D eigenvalue weighted by Gasteiger charge is 2.18. The predicted molar refractivity (Wildman–Crippen MR) is 119 cm³/mol. The third kappa shape index (κ3) is 5.37. The van der Waals surface area contributed by atoms with Gasteiger partial charge in [-0.2, -0.15) is 15.0 Å². The molecule has 0 aliphatic rings. The molecule has 0 spiro atoms. The molecule has 3 aromatic heterocycles. The summed E-state index contributed by atoms with van der Waals surface area (Å²) < 4.78 is 22.2. The molecule has 0 saturated heterocycles. The fraction of sp³-hybridized carbons (Fsp3) is 0.261. The lowest BCUT2D eigenvalue weighted by Crippen LogP contribution is -2.24. The lowest BCUT2D eigenvalue weighted by molar-refractivity contribution is 0.311. The zero-order valence-corrected chi connectivity index (χ0v) is 18.2. The van der Waals surface area contributed by atoms with Crippen molar-refractivity contribution in [3.63, 3.8) is 0 Å².